The molecule has 0 fully saturated rings. The Morgan fingerprint density at radius 2 is 1.88 bits per heavy atom. The summed E-state index contributed by atoms with van der Waals surface area (Å²) in [6.45, 7) is 3.65. The van der Waals surface area contributed by atoms with Crippen molar-refractivity contribution in [2.45, 2.75) is 19.8 Å². The minimum Gasteiger partial charge on any atom is -0.496 e. The summed E-state index contributed by atoms with van der Waals surface area (Å²) in [6, 6.07) is 15.5. The van der Waals surface area contributed by atoms with Crippen LogP contribution in [0.2, 0.25) is 0 Å². The lowest BCUT2D eigenvalue weighted by Gasteiger charge is -2.31. The van der Waals surface area contributed by atoms with E-state index in [0.29, 0.717) is 27.8 Å². The number of esters is 1. The highest BCUT2D eigenvalue weighted by Crippen LogP contribution is 2.45. The predicted molar refractivity (Wildman–Crippen MR) is 136 cm³/mol. The van der Waals surface area contributed by atoms with Gasteiger partial charge in [0.05, 0.1) is 25.2 Å². The second-order valence-electron chi connectivity index (χ2n) is 8.06. The van der Waals surface area contributed by atoms with E-state index in [9.17, 15) is 9.59 Å². The summed E-state index contributed by atoms with van der Waals surface area (Å²) < 4.78 is 12.4. The van der Waals surface area contributed by atoms with Gasteiger partial charge in [-0.3, -0.25) is 4.79 Å². The van der Waals surface area contributed by atoms with E-state index >= 15 is 0 Å². The summed E-state index contributed by atoms with van der Waals surface area (Å²) >= 11 is 1.25. The van der Waals surface area contributed by atoms with Gasteiger partial charge in [0, 0.05) is 42.9 Å². The highest BCUT2D eigenvalue weighted by Gasteiger charge is 2.45. The topological polar surface area (TPSA) is 71.4 Å². The number of para-hydroxylation sites is 1. The van der Waals surface area contributed by atoms with Crippen molar-refractivity contribution in [1.29, 1.82) is 0 Å². The Kier molecular flexibility index (Phi) is 6.79. The molecule has 0 N–H and O–H groups in total. The molecule has 2 aliphatic heterocycles. The number of amidine groups is 1. The van der Waals surface area contributed by atoms with Crippen molar-refractivity contribution in [2.24, 2.45) is 4.99 Å². The molecule has 2 heterocycles. The normalized spacial score (nSPS) is 18.7. The minimum absolute atomic E-state index is 0.222. The summed E-state index contributed by atoms with van der Waals surface area (Å²) in [5, 5.41) is 0.640. The maximum atomic E-state index is 13.3. The van der Waals surface area contributed by atoms with Crippen LogP contribution >= 0.6 is 11.9 Å². The number of nitrogens with zero attached hydrogens (tertiary/aromatic N) is 3. The van der Waals surface area contributed by atoms with E-state index in [-0.39, 0.29) is 12.5 Å². The molecule has 34 heavy (non-hydrogen) atoms. The van der Waals surface area contributed by atoms with E-state index in [1.165, 1.54) is 11.9 Å². The van der Waals surface area contributed by atoms with Gasteiger partial charge in [0.1, 0.15) is 16.6 Å². The summed E-state index contributed by atoms with van der Waals surface area (Å²) in [5.41, 5.74) is 3.45. The number of anilines is 1. The summed E-state index contributed by atoms with van der Waals surface area (Å²) in [4.78, 5) is 33.1. The van der Waals surface area contributed by atoms with E-state index < -0.39 is 11.9 Å². The molecule has 1 amide bonds. The SMILES string of the molecule is CCOC(=O)C1=C(C)C(=O)N2S/C(=C\c3ccccc3OC)N=C2C1c1ccc(N(C)C)cc1. The number of rotatable bonds is 6. The standard InChI is InChI=1S/C26H27N3O4S/c1-6-33-26(31)22-16(2)25(30)29-24(23(22)17-11-13-19(14-12-17)28(3)4)27-21(34-29)15-18-9-7-8-10-20(18)32-5/h7-15,23H,6H2,1-5H3/b21-15-. The molecule has 1 unspecified atom stereocenters. The number of fused-ring (bicyclic) bond motifs is 1. The third-order valence-electron chi connectivity index (χ3n) is 5.73. The molecular formula is C26H27N3O4S. The molecule has 7 nitrogen and oxygen atoms in total. The third-order valence-corrected chi connectivity index (χ3v) is 6.66. The van der Waals surface area contributed by atoms with Crippen molar-refractivity contribution in [3.8, 4) is 5.75 Å². The van der Waals surface area contributed by atoms with Gasteiger partial charge in [0.25, 0.3) is 5.91 Å². The Balaban J connectivity index is 1.84. The predicted octanol–water partition coefficient (Wildman–Crippen LogP) is 4.63. The molecular weight excluding hydrogens is 450 g/mol. The lowest BCUT2D eigenvalue weighted by atomic mass is 9.84. The third kappa shape index (κ3) is 4.33. The lowest BCUT2D eigenvalue weighted by molar-refractivity contribution is -0.139. The molecule has 0 bridgehead atoms. The van der Waals surface area contributed by atoms with E-state index in [1.807, 2.05) is 73.6 Å². The zero-order valence-electron chi connectivity index (χ0n) is 19.9. The fraction of sp³-hybridized carbons (Fsp3) is 0.269. The van der Waals surface area contributed by atoms with E-state index in [0.717, 1.165) is 16.8 Å². The Labute approximate surface area is 203 Å². The molecule has 1 atom stereocenters. The molecule has 8 heteroatoms. The van der Waals surface area contributed by atoms with Crippen LogP contribution in [0.1, 0.15) is 30.9 Å². The first-order valence-electron chi connectivity index (χ1n) is 11.0. The number of hydrogen-bond acceptors (Lipinski definition) is 7. The first kappa shape index (κ1) is 23.6. The van der Waals surface area contributed by atoms with Gasteiger partial charge < -0.3 is 14.4 Å². The Bertz CT molecular complexity index is 1210. The lowest BCUT2D eigenvalue weighted by Crippen LogP contribution is -2.41. The molecule has 4 rings (SSSR count). The number of aliphatic imine (C=N–C) groups is 1. The number of amides is 1. The quantitative estimate of drug-likeness (QED) is 0.446. The summed E-state index contributed by atoms with van der Waals surface area (Å²) in [7, 11) is 5.55. The molecule has 0 saturated carbocycles. The van der Waals surface area contributed by atoms with Crippen LogP contribution < -0.4 is 9.64 Å². The maximum Gasteiger partial charge on any atom is 0.335 e. The van der Waals surface area contributed by atoms with Gasteiger partial charge in [0.15, 0.2) is 0 Å². The number of carbonyl (C=O) groups is 2. The molecule has 0 radical (unpaired) electrons. The van der Waals surface area contributed by atoms with Crippen molar-refractivity contribution >= 4 is 41.4 Å². The second-order valence-corrected chi connectivity index (χ2v) is 9.03. The Morgan fingerprint density at radius 3 is 2.53 bits per heavy atom. The average molecular weight is 478 g/mol. The van der Waals surface area contributed by atoms with E-state index in [4.69, 9.17) is 14.5 Å². The minimum atomic E-state index is -0.524. The molecule has 2 aromatic rings. The first-order chi connectivity index (χ1) is 16.3. The Hall–Kier alpha value is -3.52. The highest BCUT2D eigenvalue weighted by molar-refractivity contribution is 8.02. The molecule has 0 aliphatic carbocycles. The van der Waals surface area contributed by atoms with E-state index in [2.05, 4.69) is 0 Å². The first-order valence-corrected chi connectivity index (χ1v) is 11.7. The monoisotopic (exact) mass is 477 g/mol. The zero-order valence-corrected chi connectivity index (χ0v) is 20.7. The van der Waals surface area contributed by atoms with Crippen LogP contribution in [-0.2, 0) is 14.3 Å². The van der Waals surface area contributed by atoms with Gasteiger partial charge in [-0.15, -0.1) is 0 Å². The van der Waals surface area contributed by atoms with Crippen LogP contribution in [-0.4, -0.2) is 49.8 Å². The highest BCUT2D eigenvalue weighted by atomic mass is 32.2. The van der Waals surface area contributed by atoms with E-state index in [1.54, 1.807) is 25.3 Å². The van der Waals surface area contributed by atoms with Crippen molar-refractivity contribution < 1.29 is 19.1 Å². The van der Waals surface area contributed by atoms with Gasteiger partial charge in [-0.05, 0) is 43.7 Å². The van der Waals surface area contributed by atoms with Gasteiger partial charge >= 0.3 is 5.97 Å². The largest absolute Gasteiger partial charge is 0.496 e. The number of methoxy groups -OCH3 is 1. The Morgan fingerprint density at radius 1 is 1.18 bits per heavy atom. The van der Waals surface area contributed by atoms with Gasteiger partial charge in [-0.2, -0.15) is 0 Å². The molecule has 0 spiro atoms. The van der Waals surface area contributed by atoms with Crippen LogP contribution in [0, 0.1) is 0 Å². The van der Waals surface area contributed by atoms with Crippen LogP contribution in [0.15, 0.2) is 69.7 Å². The maximum absolute atomic E-state index is 13.3. The van der Waals surface area contributed by atoms with Crippen LogP contribution in [0.4, 0.5) is 5.69 Å². The molecule has 0 aromatic heterocycles. The van der Waals surface area contributed by atoms with Crippen molar-refractivity contribution in [3.63, 3.8) is 0 Å². The summed E-state index contributed by atoms with van der Waals surface area (Å²) in [6.07, 6.45) is 1.88. The summed E-state index contributed by atoms with van der Waals surface area (Å²) in [5.74, 6) is -0.0725. The number of ether oxygens (including phenoxy) is 2. The van der Waals surface area contributed by atoms with Crippen LogP contribution in [0.3, 0.4) is 0 Å². The molecule has 0 saturated heterocycles. The van der Waals surface area contributed by atoms with Gasteiger partial charge in [0.2, 0.25) is 0 Å². The molecule has 2 aromatic carbocycles. The van der Waals surface area contributed by atoms with Crippen molar-refractivity contribution in [2.75, 3.05) is 32.7 Å². The fourth-order valence-electron chi connectivity index (χ4n) is 4.00. The number of hydrogen-bond donors (Lipinski definition) is 0. The molecule has 2 aliphatic rings. The zero-order chi connectivity index (χ0) is 24.4. The average Bonchev–Trinajstić information content (AvgIpc) is 3.25. The number of benzene rings is 2. The smallest absolute Gasteiger partial charge is 0.335 e. The second kappa shape index (κ2) is 9.77. The molecule has 176 valence electrons. The van der Waals surface area contributed by atoms with Crippen molar-refractivity contribution in [1.82, 2.24) is 4.31 Å². The van der Waals surface area contributed by atoms with Crippen molar-refractivity contribution in [3.05, 3.63) is 75.8 Å². The van der Waals surface area contributed by atoms with Gasteiger partial charge in [-0.1, -0.05) is 30.3 Å². The number of carbonyl (C=O) groups excluding carboxylic acids is 2. The van der Waals surface area contributed by atoms with Crippen LogP contribution in [0.5, 0.6) is 5.75 Å². The van der Waals surface area contributed by atoms with Crippen LogP contribution in [0.25, 0.3) is 6.08 Å². The fourth-order valence-corrected chi connectivity index (χ4v) is 4.96. The van der Waals surface area contributed by atoms with Gasteiger partial charge in [-0.25, -0.2) is 14.1 Å².